The third kappa shape index (κ3) is 3.29. The van der Waals surface area contributed by atoms with Crippen molar-refractivity contribution < 1.29 is 9.26 Å². The zero-order chi connectivity index (χ0) is 13.6. The Morgan fingerprint density at radius 3 is 2.44 bits per heavy atom. The first kappa shape index (κ1) is 15.1. The van der Waals surface area contributed by atoms with Crippen LogP contribution in [0.3, 0.4) is 0 Å². The van der Waals surface area contributed by atoms with Crippen molar-refractivity contribution in [2.45, 2.75) is 65.0 Å². The van der Waals surface area contributed by atoms with Crippen LogP contribution >= 0.6 is 0 Å². The molecular weight excluding hydrogens is 230 g/mol. The third-order valence-electron chi connectivity index (χ3n) is 3.34. The lowest BCUT2D eigenvalue weighted by Gasteiger charge is -2.21. The highest BCUT2D eigenvalue weighted by Crippen LogP contribution is 2.27. The summed E-state index contributed by atoms with van der Waals surface area (Å²) in [7, 11) is 0. The molecule has 0 fully saturated rings. The Morgan fingerprint density at radius 2 is 1.94 bits per heavy atom. The van der Waals surface area contributed by atoms with E-state index in [-0.39, 0.29) is 6.10 Å². The van der Waals surface area contributed by atoms with Crippen molar-refractivity contribution >= 4 is 0 Å². The summed E-state index contributed by atoms with van der Waals surface area (Å²) < 4.78 is 11.0. The summed E-state index contributed by atoms with van der Waals surface area (Å²) in [5, 5.41) is 4.02. The van der Waals surface area contributed by atoms with Crippen LogP contribution in [0.15, 0.2) is 4.52 Å². The average molecular weight is 255 g/mol. The molecule has 1 aromatic heterocycles. The van der Waals surface area contributed by atoms with Crippen LogP contribution in [0.25, 0.3) is 0 Å². The van der Waals surface area contributed by atoms with Crippen LogP contribution in [-0.2, 0) is 10.3 Å². The first-order valence-corrected chi connectivity index (χ1v) is 6.85. The zero-order valence-electron chi connectivity index (χ0n) is 11.9. The van der Waals surface area contributed by atoms with Gasteiger partial charge >= 0.3 is 0 Å². The number of ether oxygens (including phenoxy) is 1. The van der Waals surface area contributed by atoms with E-state index in [0.29, 0.717) is 18.3 Å². The molecule has 0 aromatic carbocycles. The van der Waals surface area contributed by atoms with Gasteiger partial charge in [0.25, 0.3) is 0 Å². The Balaban J connectivity index is 2.89. The minimum atomic E-state index is -0.520. The Kier molecular flexibility index (Phi) is 5.75. The van der Waals surface area contributed by atoms with E-state index >= 15 is 0 Å². The standard InChI is InChI=1S/C13H25N3O2/c1-5-9-10(17-8-4)11-15-12(18-16-11)13(14,6-2)7-3/h10H,5-9,14H2,1-4H3. The predicted molar refractivity (Wildman–Crippen MR) is 70.0 cm³/mol. The molecule has 1 atom stereocenters. The lowest BCUT2D eigenvalue weighted by Crippen LogP contribution is -2.35. The van der Waals surface area contributed by atoms with Gasteiger partial charge in [-0.2, -0.15) is 4.98 Å². The van der Waals surface area contributed by atoms with Gasteiger partial charge in [-0.15, -0.1) is 0 Å². The van der Waals surface area contributed by atoms with Gasteiger partial charge in [0.05, 0.1) is 5.54 Å². The molecule has 5 nitrogen and oxygen atoms in total. The van der Waals surface area contributed by atoms with Gasteiger partial charge in [-0.3, -0.25) is 0 Å². The molecule has 0 saturated carbocycles. The zero-order valence-corrected chi connectivity index (χ0v) is 11.9. The quantitative estimate of drug-likeness (QED) is 0.773. The lowest BCUT2D eigenvalue weighted by molar-refractivity contribution is 0.0477. The SMILES string of the molecule is CCCC(OCC)c1noc(C(N)(CC)CC)n1. The molecule has 0 aliphatic carbocycles. The summed E-state index contributed by atoms with van der Waals surface area (Å²) in [6.45, 7) is 8.77. The van der Waals surface area contributed by atoms with E-state index in [0.717, 1.165) is 25.7 Å². The van der Waals surface area contributed by atoms with Crippen molar-refractivity contribution in [3.8, 4) is 0 Å². The summed E-state index contributed by atoms with van der Waals surface area (Å²) in [6, 6.07) is 0. The van der Waals surface area contributed by atoms with Crippen molar-refractivity contribution in [2.24, 2.45) is 5.73 Å². The van der Waals surface area contributed by atoms with Crippen molar-refractivity contribution in [2.75, 3.05) is 6.61 Å². The largest absolute Gasteiger partial charge is 0.370 e. The number of rotatable bonds is 8. The van der Waals surface area contributed by atoms with Gasteiger partial charge in [0.15, 0.2) is 0 Å². The fourth-order valence-corrected chi connectivity index (χ4v) is 1.87. The normalized spacial score (nSPS) is 13.8. The maximum Gasteiger partial charge on any atom is 0.246 e. The van der Waals surface area contributed by atoms with E-state index in [1.165, 1.54) is 0 Å². The Labute approximate surface area is 109 Å². The van der Waals surface area contributed by atoms with Crippen molar-refractivity contribution in [1.82, 2.24) is 10.1 Å². The fraction of sp³-hybridized carbons (Fsp3) is 0.846. The van der Waals surface area contributed by atoms with Gasteiger partial charge in [0.1, 0.15) is 6.10 Å². The molecular formula is C13H25N3O2. The van der Waals surface area contributed by atoms with Crippen LogP contribution in [0.5, 0.6) is 0 Å². The molecule has 104 valence electrons. The van der Waals surface area contributed by atoms with Gasteiger partial charge in [0, 0.05) is 6.61 Å². The smallest absolute Gasteiger partial charge is 0.246 e. The highest BCUT2D eigenvalue weighted by molar-refractivity contribution is 5.02. The predicted octanol–water partition coefficient (Wildman–Crippen LogP) is 2.92. The van der Waals surface area contributed by atoms with Gasteiger partial charge in [-0.25, -0.2) is 0 Å². The summed E-state index contributed by atoms with van der Waals surface area (Å²) in [6.07, 6.45) is 3.37. The molecule has 0 aliphatic heterocycles. The average Bonchev–Trinajstić information content (AvgIpc) is 2.87. The molecule has 1 rings (SSSR count). The summed E-state index contributed by atoms with van der Waals surface area (Å²) in [4.78, 5) is 4.43. The molecule has 1 heterocycles. The molecule has 0 bridgehead atoms. The third-order valence-corrected chi connectivity index (χ3v) is 3.34. The molecule has 5 heteroatoms. The number of nitrogens with zero attached hydrogens (tertiary/aromatic N) is 2. The summed E-state index contributed by atoms with van der Waals surface area (Å²) in [5.74, 6) is 1.13. The molecule has 0 radical (unpaired) electrons. The molecule has 0 aliphatic rings. The molecule has 0 amide bonds. The second-order valence-corrected chi connectivity index (χ2v) is 4.55. The van der Waals surface area contributed by atoms with E-state index in [4.69, 9.17) is 15.0 Å². The maximum atomic E-state index is 6.24. The van der Waals surface area contributed by atoms with Crippen LogP contribution in [0.2, 0.25) is 0 Å². The minimum absolute atomic E-state index is 0.0875. The monoisotopic (exact) mass is 255 g/mol. The second kappa shape index (κ2) is 6.85. The number of hydrogen-bond donors (Lipinski definition) is 1. The van der Waals surface area contributed by atoms with Gasteiger partial charge in [-0.05, 0) is 26.2 Å². The minimum Gasteiger partial charge on any atom is -0.370 e. The van der Waals surface area contributed by atoms with Crippen LogP contribution in [0, 0.1) is 0 Å². The van der Waals surface area contributed by atoms with Gasteiger partial charge < -0.3 is 15.0 Å². The van der Waals surface area contributed by atoms with E-state index in [1.807, 2.05) is 20.8 Å². The second-order valence-electron chi connectivity index (χ2n) is 4.55. The highest BCUT2D eigenvalue weighted by Gasteiger charge is 2.31. The maximum absolute atomic E-state index is 6.24. The molecule has 1 unspecified atom stereocenters. The summed E-state index contributed by atoms with van der Waals surface area (Å²) in [5.41, 5.74) is 5.72. The van der Waals surface area contributed by atoms with Crippen LogP contribution in [0.4, 0.5) is 0 Å². The lowest BCUT2D eigenvalue weighted by atomic mass is 9.94. The Hall–Kier alpha value is -0.940. The van der Waals surface area contributed by atoms with Crippen LogP contribution in [-0.4, -0.2) is 16.7 Å². The van der Waals surface area contributed by atoms with E-state index in [9.17, 15) is 0 Å². The topological polar surface area (TPSA) is 74.2 Å². The van der Waals surface area contributed by atoms with Gasteiger partial charge in [0.2, 0.25) is 11.7 Å². The Bertz CT molecular complexity index is 342. The van der Waals surface area contributed by atoms with Gasteiger partial charge in [-0.1, -0.05) is 32.3 Å². The van der Waals surface area contributed by atoms with Crippen LogP contribution in [0.1, 0.15) is 71.2 Å². The number of aromatic nitrogens is 2. The number of nitrogens with two attached hydrogens (primary N) is 1. The van der Waals surface area contributed by atoms with Crippen molar-refractivity contribution in [3.05, 3.63) is 11.7 Å². The highest BCUT2D eigenvalue weighted by atomic mass is 16.5. The molecule has 1 aromatic rings. The van der Waals surface area contributed by atoms with E-state index in [2.05, 4.69) is 17.1 Å². The van der Waals surface area contributed by atoms with E-state index in [1.54, 1.807) is 0 Å². The van der Waals surface area contributed by atoms with Crippen molar-refractivity contribution in [1.29, 1.82) is 0 Å². The first-order chi connectivity index (χ1) is 8.61. The van der Waals surface area contributed by atoms with E-state index < -0.39 is 5.54 Å². The van der Waals surface area contributed by atoms with Crippen LogP contribution < -0.4 is 5.73 Å². The molecule has 0 saturated heterocycles. The summed E-state index contributed by atoms with van der Waals surface area (Å²) >= 11 is 0. The number of hydrogen-bond acceptors (Lipinski definition) is 5. The molecule has 2 N–H and O–H groups in total. The first-order valence-electron chi connectivity index (χ1n) is 6.85. The fourth-order valence-electron chi connectivity index (χ4n) is 1.87. The Morgan fingerprint density at radius 1 is 1.28 bits per heavy atom. The molecule has 0 spiro atoms. The molecule has 18 heavy (non-hydrogen) atoms. The van der Waals surface area contributed by atoms with Crippen molar-refractivity contribution in [3.63, 3.8) is 0 Å².